The zero-order valence-corrected chi connectivity index (χ0v) is 21.7. The minimum Gasteiger partial charge on any atom is -0.496 e. The molecule has 0 aliphatic carbocycles. The third-order valence-electron chi connectivity index (χ3n) is 6.75. The van der Waals surface area contributed by atoms with E-state index < -0.39 is 11.9 Å². The molecule has 0 bridgehead atoms. The molecular formula is C28H32O8. The monoisotopic (exact) mass is 496 g/mol. The molecule has 1 spiro atoms. The predicted molar refractivity (Wildman–Crippen MR) is 134 cm³/mol. The van der Waals surface area contributed by atoms with Crippen molar-refractivity contribution in [3.8, 4) is 40.2 Å². The van der Waals surface area contributed by atoms with Crippen molar-refractivity contribution in [2.24, 2.45) is 0 Å². The normalized spacial score (nSPS) is 19.9. The van der Waals surface area contributed by atoms with E-state index in [0.717, 1.165) is 17.7 Å². The third kappa shape index (κ3) is 3.46. The van der Waals surface area contributed by atoms with E-state index in [1.807, 2.05) is 32.0 Å². The van der Waals surface area contributed by atoms with Crippen molar-refractivity contribution in [1.29, 1.82) is 0 Å². The molecular weight excluding hydrogens is 464 g/mol. The highest BCUT2D eigenvalue weighted by molar-refractivity contribution is 6.07. The Morgan fingerprint density at radius 2 is 1.50 bits per heavy atom. The Labute approximate surface area is 210 Å². The maximum Gasteiger partial charge on any atom is 0.282 e. The second-order valence-corrected chi connectivity index (χ2v) is 9.06. The van der Waals surface area contributed by atoms with Crippen LogP contribution >= 0.6 is 0 Å². The van der Waals surface area contributed by atoms with Crippen LogP contribution in [-0.4, -0.2) is 47.4 Å². The third-order valence-corrected chi connectivity index (χ3v) is 6.75. The second-order valence-electron chi connectivity index (χ2n) is 9.06. The van der Waals surface area contributed by atoms with E-state index in [1.54, 1.807) is 41.6 Å². The van der Waals surface area contributed by atoms with Gasteiger partial charge < -0.3 is 37.9 Å². The van der Waals surface area contributed by atoms with Crippen LogP contribution in [0.5, 0.6) is 40.2 Å². The van der Waals surface area contributed by atoms with Gasteiger partial charge in [-0.25, -0.2) is 0 Å². The van der Waals surface area contributed by atoms with Crippen molar-refractivity contribution in [1.82, 2.24) is 0 Å². The van der Waals surface area contributed by atoms with E-state index >= 15 is 0 Å². The fourth-order valence-corrected chi connectivity index (χ4v) is 5.30. The van der Waals surface area contributed by atoms with Gasteiger partial charge in [-0.05, 0) is 31.9 Å². The van der Waals surface area contributed by atoms with Crippen LogP contribution in [0.1, 0.15) is 37.5 Å². The zero-order valence-electron chi connectivity index (χ0n) is 21.7. The van der Waals surface area contributed by atoms with Gasteiger partial charge in [0, 0.05) is 12.5 Å². The summed E-state index contributed by atoms with van der Waals surface area (Å²) < 4.78 is 49.1. The number of aryl methyl sites for hydroxylation is 1. The summed E-state index contributed by atoms with van der Waals surface area (Å²) in [5, 5.41) is 1.28. The number of rotatable bonds is 7. The maximum absolute atomic E-state index is 6.74. The molecule has 3 aromatic carbocycles. The van der Waals surface area contributed by atoms with Gasteiger partial charge in [0.25, 0.3) is 5.79 Å². The van der Waals surface area contributed by atoms with Crippen molar-refractivity contribution in [3.05, 3.63) is 41.5 Å². The minimum absolute atomic E-state index is 0.110. The zero-order chi connectivity index (χ0) is 25.6. The van der Waals surface area contributed by atoms with E-state index in [4.69, 9.17) is 37.9 Å². The Balaban J connectivity index is 1.85. The first kappa shape index (κ1) is 24.2. The number of para-hydroxylation sites is 1. The lowest BCUT2D eigenvalue weighted by Gasteiger charge is -2.39. The molecule has 3 aromatic rings. The van der Waals surface area contributed by atoms with Crippen LogP contribution in [0.4, 0.5) is 0 Å². The fraction of sp³-hybridized carbons (Fsp3) is 0.429. The highest BCUT2D eigenvalue weighted by Crippen LogP contribution is 2.63. The van der Waals surface area contributed by atoms with Crippen molar-refractivity contribution in [2.75, 3.05) is 35.5 Å². The number of hydrogen-bond donors (Lipinski definition) is 0. The summed E-state index contributed by atoms with van der Waals surface area (Å²) >= 11 is 0. The molecule has 0 amide bonds. The second kappa shape index (κ2) is 9.17. The molecule has 2 aliphatic rings. The SMILES string of the molecule is COc1cc(OC)c2c(OC)c3c(c(OC)c2c1OC)O[C@]1(CCc2ccccc2O1)[C@@H]3OC(C)C. The lowest BCUT2D eigenvalue weighted by atomic mass is 9.91. The summed E-state index contributed by atoms with van der Waals surface area (Å²) in [6.45, 7) is 3.98. The molecule has 2 aliphatic heterocycles. The van der Waals surface area contributed by atoms with E-state index in [2.05, 4.69) is 6.07 Å². The van der Waals surface area contributed by atoms with Gasteiger partial charge in [0.1, 0.15) is 17.2 Å². The number of hydrogen-bond acceptors (Lipinski definition) is 8. The van der Waals surface area contributed by atoms with Gasteiger partial charge in [0.15, 0.2) is 29.1 Å². The molecule has 5 rings (SSSR count). The Hall–Kier alpha value is -3.52. The average Bonchev–Trinajstić information content (AvgIpc) is 3.18. The summed E-state index contributed by atoms with van der Waals surface area (Å²) in [5.74, 6) is 2.67. The highest BCUT2D eigenvalue weighted by atomic mass is 16.7. The van der Waals surface area contributed by atoms with Crippen LogP contribution in [0.3, 0.4) is 0 Å². The lowest BCUT2D eigenvalue weighted by Crippen LogP contribution is -2.48. The van der Waals surface area contributed by atoms with Crippen molar-refractivity contribution in [3.63, 3.8) is 0 Å². The topological polar surface area (TPSA) is 73.8 Å². The van der Waals surface area contributed by atoms with Crippen molar-refractivity contribution >= 4 is 10.8 Å². The van der Waals surface area contributed by atoms with Crippen LogP contribution in [0.25, 0.3) is 10.8 Å². The van der Waals surface area contributed by atoms with E-state index in [-0.39, 0.29) is 6.10 Å². The molecule has 2 atom stereocenters. The summed E-state index contributed by atoms with van der Waals surface area (Å²) in [7, 11) is 7.96. The van der Waals surface area contributed by atoms with E-state index in [9.17, 15) is 0 Å². The van der Waals surface area contributed by atoms with Crippen LogP contribution < -0.4 is 33.2 Å². The van der Waals surface area contributed by atoms with Crippen LogP contribution in [0.15, 0.2) is 30.3 Å². The number of methoxy groups -OCH3 is 5. The summed E-state index contributed by atoms with van der Waals surface area (Å²) in [4.78, 5) is 0. The number of benzene rings is 3. The van der Waals surface area contributed by atoms with Gasteiger partial charge >= 0.3 is 0 Å². The summed E-state index contributed by atoms with van der Waals surface area (Å²) in [6.07, 6.45) is 0.649. The maximum atomic E-state index is 6.74. The van der Waals surface area contributed by atoms with Gasteiger partial charge in [-0.3, -0.25) is 0 Å². The Morgan fingerprint density at radius 3 is 2.14 bits per heavy atom. The van der Waals surface area contributed by atoms with Gasteiger partial charge in [-0.1, -0.05) is 18.2 Å². The molecule has 0 fully saturated rings. The van der Waals surface area contributed by atoms with Gasteiger partial charge in [0.05, 0.1) is 58.0 Å². The molecule has 0 N–H and O–H groups in total. The Bertz CT molecular complexity index is 1300. The molecule has 8 heteroatoms. The minimum atomic E-state index is -1.11. The van der Waals surface area contributed by atoms with Crippen LogP contribution in [0, 0.1) is 0 Å². The Morgan fingerprint density at radius 1 is 0.806 bits per heavy atom. The van der Waals surface area contributed by atoms with E-state index in [0.29, 0.717) is 57.3 Å². The van der Waals surface area contributed by atoms with Crippen LogP contribution in [-0.2, 0) is 11.2 Å². The van der Waals surface area contributed by atoms with Gasteiger partial charge in [-0.2, -0.15) is 0 Å². The number of ether oxygens (including phenoxy) is 8. The Kier molecular flexibility index (Phi) is 6.16. The van der Waals surface area contributed by atoms with Gasteiger partial charge in [-0.15, -0.1) is 0 Å². The summed E-state index contributed by atoms with van der Waals surface area (Å²) in [6, 6.07) is 9.76. The molecule has 36 heavy (non-hydrogen) atoms. The molecule has 192 valence electrons. The summed E-state index contributed by atoms with van der Waals surface area (Å²) in [5.41, 5.74) is 1.84. The average molecular weight is 497 g/mol. The standard InChI is InChI=1S/C28H32O8/c1-15(2)34-27-22-24(32-6)20-18(29-3)14-19(30-4)23(31-5)21(20)25(33-7)26(22)36-28(27)13-12-16-10-8-9-11-17(16)35-28/h8-11,14-15,27H,12-13H2,1-7H3/t27-,28-/m1/s1. The van der Waals surface area contributed by atoms with Crippen molar-refractivity contribution in [2.45, 2.75) is 44.7 Å². The van der Waals surface area contributed by atoms with E-state index in [1.165, 1.54) is 0 Å². The van der Waals surface area contributed by atoms with Crippen molar-refractivity contribution < 1.29 is 37.9 Å². The highest BCUT2D eigenvalue weighted by Gasteiger charge is 2.57. The first-order valence-electron chi connectivity index (χ1n) is 11.9. The molecule has 0 saturated heterocycles. The molecule has 2 heterocycles. The molecule has 0 radical (unpaired) electrons. The first-order chi connectivity index (χ1) is 17.4. The lowest BCUT2D eigenvalue weighted by molar-refractivity contribution is -0.206. The largest absolute Gasteiger partial charge is 0.496 e. The molecule has 8 nitrogen and oxygen atoms in total. The smallest absolute Gasteiger partial charge is 0.282 e. The molecule has 0 aromatic heterocycles. The molecule has 0 unspecified atom stereocenters. The van der Waals surface area contributed by atoms with Gasteiger partial charge in [0.2, 0.25) is 0 Å². The van der Waals surface area contributed by atoms with Crippen LogP contribution in [0.2, 0.25) is 0 Å². The molecule has 0 saturated carbocycles. The number of fused-ring (bicyclic) bond motifs is 3. The fourth-order valence-electron chi connectivity index (χ4n) is 5.30. The predicted octanol–water partition coefficient (Wildman–Crippen LogP) is 5.46. The first-order valence-corrected chi connectivity index (χ1v) is 11.9. The quantitative estimate of drug-likeness (QED) is 0.427.